The average Bonchev–Trinajstić information content (AvgIpc) is 2.66. The molecular weight excluding hydrogens is 400 g/mol. The second-order valence-corrected chi connectivity index (χ2v) is 9.44. The van der Waals surface area contributed by atoms with Crippen molar-refractivity contribution in [2.75, 3.05) is 32.8 Å². The van der Waals surface area contributed by atoms with Crippen molar-refractivity contribution in [3.63, 3.8) is 0 Å². The molecule has 0 aromatic heterocycles. The number of amides is 1. The Kier molecular flexibility index (Phi) is 8.00. The molecule has 1 aromatic carbocycles. The van der Waals surface area contributed by atoms with Gasteiger partial charge in [0.1, 0.15) is 12.2 Å². The Hall–Kier alpha value is -2.17. The summed E-state index contributed by atoms with van der Waals surface area (Å²) in [5.41, 5.74) is -0.0512. The van der Waals surface area contributed by atoms with Gasteiger partial charge in [-0.15, -0.1) is 0 Å². The number of benzene rings is 1. The summed E-state index contributed by atoms with van der Waals surface area (Å²) in [7, 11) is -3.61. The van der Waals surface area contributed by atoms with Crippen LogP contribution in [0, 0.1) is 0 Å². The Labute approximate surface area is 171 Å². The Bertz CT molecular complexity index is 812. The monoisotopic (exact) mass is 428 g/mol. The molecule has 9 nitrogen and oxygen atoms in total. The van der Waals surface area contributed by atoms with Crippen LogP contribution in [0.4, 0.5) is 4.79 Å². The van der Waals surface area contributed by atoms with Crippen LogP contribution in [0.15, 0.2) is 29.2 Å². The summed E-state index contributed by atoms with van der Waals surface area (Å²) in [6, 6.07) is 6.31. The summed E-state index contributed by atoms with van der Waals surface area (Å²) < 4.78 is 42.2. The lowest BCUT2D eigenvalue weighted by Crippen LogP contribution is -2.40. The number of rotatable bonds is 7. The minimum Gasteiger partial charge on any atom is -0.461 e. The molecule has 0 aliphatic carbocycles. The van der Waals surface area contributed by atoms with Gasteiger partial charge in [0.25, 0.3) is 0 Å². The molecule has 0 spiro atoms. The van der Waals surface area contributed by atoms with E-state index < -0.39 is 27.7 Å². The molecule has 0 saturated carbocycles. The maximum Gasteiger partial charge on any atom is 0.407 e. The predicted octanol–water partition coefficient (Wildman–Crippen LogP) is 1.67. The highest BCUT2D eigenvalue weighted by Crippen LogP contribution is 2.18. The Morgan fingerprint density at radius 3 is 2.55 bits per heavy atom. The third kappa shape index (κ3) is 7.64. The first-order valence-corrected chi connectivity index (χ1v) is 10.8. The van der Waals surface area contributed by atoms with E-state index in [0.29, 0.717) is 31.9 Å². The van der Waals surface area contributed by atoms with Gasteiger partial charge in [-0.2, -0.15) is 4.31 Å². The quantitative estimate of drug-likeness (QED) is 0.658. The summed E-state index contributed by atoms with van der Waals surface area (Å²) in [5, 5.41) is 2.48. The van der Waals surface area contributed by atoms with Gasteiger partial charge in [0, 0.05) is 19.6 Å². The minimum absolute atomic E-state index is 0.0228. The molecule has 29 heavy (non-hydrogen) atoms. The lowest BCUT2D eigenvalue weighted by Gasteiger charge is -2.26. The van der Waals surface area contributed by atoms with Crippen LogP contribution in [0.5, 0.6) is 0 Å². The maximum absolute atomic E-state index is 12.7. The zero-order valence-electron chi connectivity index (χ0n) is 17.0. The number of nitrogens with one attached hydrogen (secondary N) is 1. The van der Waals surface area contributed by atoms with E-state index in [2.05, 4.69) is 5.32 Å². The van der Waals surface area contributed by atoms with Gasteiger partial charge in [-0.1, -0.05) is 12.1 Å². The molecule has 0 bridgehead atoms. The molecular formula is C19H28N2O7S. The third-order valence-electron chi connectivity index (χ3n) is 3.90. The van der Waals surface area contributed by atoms with E-state index in [4.69, 9.17) is 14.2 Å². The Morgan fingerprint density at radius 1 is 1.21 bits per heavy atom. The number of hydrogen-bond donors (Lipinski definition) is 1. The lowest BCUT2D eigenvalue weighted by atomic mass is 10.2. The van der Waals surface area contributed by atoms with Gasteiger partial charge in [0.15, 0.2) is 0 Å². The minimum atomic E-state index is -3.61. The van der Waals surface area contributed by atoms with Crippen LogP contribution >= 0.6 is 0 Å². The molecule has 1 aromatic rings. The van der Waals surface area contributed by atoms with Crippen molar-refractivity contribution in [1.82, 2.24) is 9.62 Å². The van der Waals surface area contributed by atoms with Crippen LogP contribution in [-0.4, -0.2) is 63.2 Å². The van der Waals surface area contributed by atoms with Gasteiger partial charge in [-0.05, 0) is 38.5 Å². The highest BCUT2D eigenvalue weighted by Gasteiger charge is 2.26. The molecule has 1 aliphatic heterocycles. The standard InChI is InChI=1S/C19H28N2O7S/c1-19(2,3)28-18(23)20-8-7-17(22)27-14-15-5-4-6-16(13-15)29(24,25)21-9-11-26-12-10-21/h4-6,13H,7-12,14H2,1-3H3,(H,20,23). The molecule has 1 heterocycles. The van der Waals surface area contributed by atoms with Crippen LogP contribution in [0.3, 0.4) is 0 Å². The predicted molar refractivity (Wildman–Crippen MR) is 105 cm³/mol. The van der Waals surface area contributed by atoms with Gasteiger partial charge in [-0.25, -0.2) is 13.2 Å². The fourth-order valence-corrected chi connectivity index (χ4v) is 4.03. The molecule has 1 saturated heterocycles. The van der Waals surface area contributed by atoms with E-state index in [-0.39, 0.29) is 24.5 Å². The summed E-state index contributed by atoms with van der Waals surface area (Å²) >= 11 is 0. The van der Waals surface area contributed by atoms with E-state index in [1.165, 1.54) is 16.4 Å². The van der Waals surface area contributed by atoms with Crippen LogP contribution in [-0.2, 0) is 35.6 Å². The smallest absolute Gasteiger partial charge is 0.407 e. The molecule has 2 rings (SSSR count). The molecule has 0 radical (unpaired) electrons. The topological polar surface area (TPSA) is 111 Å². The van der Waals surface area contributed by atoms with Crippen LogP contribution in [0.1, 0.15) is 32.8 Å². The zero-order chi connectivity index (χ0) is 21.5. The van der Waals surface area contributed by atoms with Crippen molar-refractivity contribution < 1.29 is 32.2 Å². The van der Waals surface area contributed by atoms with Gasteiger partial charge in [0.05, 0.1) is 24.5 Å². The first kappa shape index (κ1) is 23.1. The molecule has 0 unspecified atom stereocenters. The van der Waals surface area contributed by atoms with E-state index in [1.807, 2.05) is 0 Å². The number of hydrogen-bond acceptors (Lipinski definition) is 7. The fraction of sp³-hybridized carbons (Fsp3) is 0.579. The normalized spacial score (nSPS) is 15.6. The molecule has 10 heteroatoms. The van der Waals surface area contributed by atoms with Crippen molar-refractivity contribution in [2.45, 2.75) is 44.3 Å². The number of morpholine rings is 1. The summed E-state index contributed by atoms with van der Waals surface area (Å²) in [5.74, 6) is -0.512. The van der Waals surface area contributed by atoms with Crippen LogP contribution in [0.2, 0.25) is 0 Å². The largest absolute Gasteiger partial charge is 0.461 e. The molecule has 162 valence electrons. The van der Waals surface area contributed by atoms with Crippen molar-refractivity contribution in [3.8, 4) is 0 Å². The van der Waals surface area contributed by atoms with Crippen molar-refractivity contribution >= 4 is 22.1 Å². The maximum atomic E-state index is 12.7. The average molecular weight is 429 g/mol. The van der Waals surface area contributed by atoms with E-state index >= 15 is 0 Å². The lowest BCUT2D eigenvalue weighted by molar-refractivity contribution is -0.144. The molecule has 1 N–H and O–H groups in total. The van der Waals surface area contributed by atoms with E-state index in [9.17, 15) is 18.0 Å². The van der Waals surface area contributed by atoms with Crippen molar-refractivity contribution in [2.24, 2.45) is 0 Å². The highest BCUT2D eigenvalue weighted by molar-refractivity contribution is 7.89. The Balaban J connectivity index is 1.83. The molecule has 0 atom stereocenters. The fourth-order valence-electron chi connectivity index (χ4n) is 2.55. The number of carbonyl (C=O) groups excluding carboxylic acids is 2. The number of sulfonamides is 1. The first-order valence-electron chi connectivity index (χ1n) is 9.37. The summed E-state index contributed by atoms with van der Waals surface area (Å²) in [6.07, 6.45) is -0.628. The summed E-state index contributed by atoms with van der Waals surface area (Å²) in [4.78, 5) is 23.5. The second-order valence-electron chi connectivity index (χ2n) is 7.50. The van der Waals surface area contributed by atoms with Gasteiger partial charge < -0.3 is 19.5 Å². The number of carbonyl (C=O) groups is 2. The molecule has 1 aliphatic rings. The van der Waals surface area contributed by atoms with Gasteiger partial charge >= 0.3 is 12.1 Å². The summed E-state index contributed by atoms with van der Waals surface area (Å²) in [6.45, 7) is 6.62. The van der Waals surface area contributed by atoms with Crippen LogP contribution in [0.25, 0.3) is 0 Å². The van der Waals surface area contributed by atoms with Crippen molar-refractivity contribution in [1.29, 1.82) is 0 Å². The Morgan fingerprint density at radius 2 is 1.90 bits per heavy atom. The second kappa shape index (κ2) is 10.0. The molecule has 1 amide bonds. The number of alkyl carbamates (subject to hydrolysis) is 1. The van der Waals surface area contributed by atoms with Crippen LogP contribution < -0.4 is 5.32 Å². The number of ether oxygens (including phenoxy) is 3. The highest BCUT2D eigenvalue weighted by atomic mass is 32.2. The number of esters is 1. The number of nitrogens with zero attached hydrogens (tertiary/aromatic N) is 1. The van der Waals surface area contributed by atoms with Gasteiger partial charge in [0.2, 0.25) is 10.0 Å². The third-order valence-corrected chi connectivity index (χ3v) is 5.80. The van der Waals surface area contributed by atoms with Crippen molar-refractivity contribution in [3.05, 3.63) is 29.8 Å². The van der Waals surface area contributed by atoms with Gasteiger partial charge in [-0.3, -0.25) is 4.79 Å². The van der Waals surface area contributed by atoms with E-state index in [0.717, 1.165) is 0 Å². The first-order chi connectivity index (χ1) is 13.6. The zero-order valence-corrected chi connectivity index (χ0v) is 17.8. The SMILES string of the molecule is CC(C)(C)OC(=O)NCCC(=O)OCc1cccc(S(=O)(=O)N2CCOCC2)c1. The molecule has 1 fully saturated rings. The van der Waals surface area contributed by atoms with E-state index in [1.54, 1.807) is 32.9 Å².